The van der Waals surface area contributed by atoms with E-state index in [1.807, 2.05) is 45.0 Å². The van der Waals surface area contributed by atoms with Crippen LogP contribution in [0.3, 0.4) is 0 Å². The highest BCUT2D eigenvalue weighted by atomic mass is 16.2. The molecule has 0 bridgehead atoms. The van der Waals surface area contributed by atoms with E-state index in [4.69, 9.17) is 0 Å². The first-order chi connectivity index (χ1) is 10.5. The van der Waals surface area contributed by atoms with Gasteiger partial charge in [0.15, 0.2) is 0 Å². The van der Waals surface area contributed by atoms with Crippen LogP contribution in [0.2, 0.25) is 0 Å². The molecule has 0 spiro atoms. The molecule has 0 radical (unpaired) electrons. The van der Waals surface area contributed by atoms with Gasteiger partial charge in [-0.05, 0) is 43.0 Å². The lowest BCUT2D eigenvalue weighted by molar-refractivity contribution is -0.133. The lowest BCUT2D eigenvalue weighted by Gasteiger charge is -2.12. The minimum absolute atomic E-state index is 0.353. The number of rotatable bonds is 3. The van der Waals surface area contributed by atoms with E-state index in [-0.39, 0.29) is 0 Å². The van der Waals surface area contributed by atoms with E-state index in [1.54, 1.807) is 12.3 Å². The molecule has 0 atom stereocenters. The molecule has 2 N–H and O–H groups in total. The zero-order chi connectivity index (χ0) is 16.1. The second-order valence-electron chi connectivity index (χ2n) is 5.09. The summed E-state index contributed by atoms with van der Waals surface area (Å²) in [7, 11) is 0. The Morgan fingerprint density at radius 2 is 1.77 bits per heavy atom. The Hall–Kier alpha value is -2.69. The largest absolute Gasteiger partial charge is 0.317 e. The zero-order valence-corrected chi connectivity index (χ0v) is 12.9. The molecule has 22 heavy (non-hydrogen) atoms. The van der Waals surface area contributed by atoms with Crippen LogP contribution in [0.15, 0.2) is 36.5 Å². The molecule has 2 rings (SSSR count). The van der Waals surface area contributed by atoms with Crippen molar-refractivity contribution in [2.24, 2.45) is 0 Å². The summed E-state index contributed by atoms with van der Waals surface area (Å²) in [6, 6.07) is 9.24. The summed E-state index contributed by atoms with van der Waals surface area (Å²) < 4.78 is 0. The lowest BCUT2D eigenvalue weighted by Crippen LogP contribution is -2.30. The number of amides is 2. The van der Waals surface area contributed by atoms with Crippen LogP contribution < -0.4 is 10.6 Å². The zero-order valence-electron chi connectivity index (χ0n) is 12.9. The molecule has 1 heterocycles. The molecule has 0 unspecified atom stereocenters. The van der Waals surface area contributed by atoms with Crippen LogP contribution >= 0.6 is 0 Å². The molecule has 114 valence electrons. The molecule has 5 heteroatoms. The van der Waals surface area contributed by atoms with Crippen LogP contribution in [0.1, 0.15) is 23.6 Å². The Balaban J connectivity index is 2.09. The Bertz CT molecular complexity index is 694. The van der Waals surface area contributed by atoms with Crippen molar-refractivity contribution in [1.82, 2.24) is 4.98 Å². The average Bonchev–Trinajstić information content (AvgIpc) is 2.51. The standard InChI is InChI=1S/C17H19N3O2/c1-4-13-7-5-6-12(3)15(13)20-17(22)16(21)19-14-9-8-11(2)10-18-14/h5-10H,4H2,1-3H3,(H,20,22)(H,18,19,21). The van der Waals surface area contributed by atoms with Crippen LogP contribution in [0.4, 0.5) is 11.5 Å². The number of para-hydroxylation sites is 1. The Labute approximate surface area is 129 Å². The van der Waals surface area contributed by atoms with Gasteiger partial charge < -0.3 is 10.6 Å². The molecule has 0 saturated carbocycles. The average molecular weight is 297 g/mol. The molecule has 1 aromatic heterocycles. The summed E-state index contributed by atoms with van der Waals surface area (Å²) in [6.07, 6.45) is 2.41. The minimum Gasteiger partial charge on any atom is -0.317 e. The third-order valence-electron chi connectivity index (χ3n) is 3.34. The number of carbonyl (C=O) groups excluding carboxylic acids is 2. The number of hydrogen-bond acceptors (Lipinski definition) is 3. The second-order valence-corrected chi connectivity index (χ2v) is 5.09. The van der Waals surface area contributed by atoms with Gasteiger partial charge >= 0.3 is 11.8 Å². The van der Waals surface area contributed by atoms with Crippen molar-refractivity contribution in [3.63, 3.8) is 0 Å². The van der Waals surface area contributed by atoms with Gasteiger partial charge in [0, 0.05) is 11.9 Å². The molecule has 2 aromatic rings. The van der Waals surface area contributed by atoms with Gasteiger partial charge in [-0.1, -0.05) is 31.2 Å². The van der Waals surface area contributed by atoms with Gasteiger partial charge in [0.05, 0.1) is 0 Å². The summed E-state index contributed by atoms with van der Waals surface area (Å²) in [5, 5.41) is 5.17. The van der Waals surface area contributed by atoms with Gasteiger partial charge in [-0.25, -0.2) is 4.98 Å². The molecule has 2 amide bonds. The molecule has 1 aromatic carbocycles. The molecule has 5 nitrogen and oxygen atoms in total. The fourth-order valence-electron chi connectivity index (χ4n) is 2.09. The van der Waals surface area contributed by atoms with Crippen molar-refractivity contribution in [2.75, 3.05) is 10.6 Å². The fourth-order valence-corrected chi connectivity index (χ4v) is 2.09. The van der Waals surface area contributed by atoms with Gasteiger partial charge in [-0.3, -0.25) is 9.59 Å². The number of benzene rings is 1. The van der Waals surface area contributed by atoms with Crippen molar-refractivity contribution >= 4 is 23.3 Å². The summed E-state index contributed by atoms with van der Waals surface area (Å²) in [5.74, 6) is -1.08. The van der Waals surface area contributed by atoms with Gasteiger partial charge in [0.1, 0.15) is 5.82 Å². The van der Waals surface area contributed by atoms with Gasteiger partial charge in [0.25, 0.3) is 0 Å². The molecule has 0 aliphatic heterocycles. The molecule has 0 saturated heterocycles. The predicted molar refractivity (Wildman–Crippen MR) is 86.8 cm³/mol. The first kappa shape index (κ1) is 15.7. The molecular weight excluding hydrogens is 278 g/mol. The highest BCUT2D eigenvalue weighted by molar-refractivity contribution is 6.43. The lowest BCUT2D eigenvalue weighted by atomic mass is 10.1. The number of aromatic nitrogens is 1. The van der Waals surface area contributed by atoms with Crippen LogP contribution in [0.5, 0.6) is 0 Å². The van der Waals surface area contributed by atoms with Gasteiger partial charge in [-0.2, -0.15) is 0 Å². The SMILES string of the molecule is CCc1cccc(C)c1NC(=O)C(=O)Nc1ccc(C)cn1. The van der Waals surface area contributed by atoms with Crippen molar-refractivity contribution in [2.45, 2.75) is 27.2 Å². The normalized spacial score (nSPS) is 10.1. The van der Waals surface area contributed by atoms with Crippen molar-refractivity contribution in [3.05, 3.63) is 53.2 Å². The summed E-state index contributed by atoms with van der Waals surface area (Å²) >= 11 is 0. The van der Waals surface area contributed by atoms with Crippen LogP contribution in [-0.4, -0.2) is 16.8 Å². The van der Waals surface area contributed by atoms with Crippen LogP contribution in [-0.2, 0) is 16.0 Å². The molecule has 0 aliphatic rings. The molecule has 0 fully saturated rings. The van der Waals surface area contributed by atoms with Crippen molar-refractivity contribution < 1.29 is 9.59 Å². The summed E-state index contributed by atoms with van der Waals surface area (Å²) in [6.45, 7) is 5.80. The first-order valence-corrected chi connectivity index (χ1v) is 7.14. The summed E-state index contributed by atoms with van der Waals surface area (Å²) in [5.41, 5.74) is 3.60. The van der Waals surface area contributed by atoms with E-state index in [2.05, 4.69) is 15.6 Å². The number of nitrogens with zero attached hydrogens (tertiary/aromatic N) is 1. The highest BCUT2D eigenvalue weighted by Crippen LogP contribution is 2.21. The van der Waals surface area contributed by atoms with E-state index in [0.29, 0.717) is 11.5 Å². The fraction of sp³-hybridized carbons (Fsp3) is 0.235. The van der Waals surface area contributed by atoms with E-state index in [0.717, 1.165) is 23.1 Å². The Kier molecular flexibility index (Phi) is 4.88. The van der Waals surface area contributed by atoms with E-state index in [9.17, 15) is 9.59 Å². The second kappa shape index (κ2) is 6.85. The van der Waals surface area contributed by atoms with Crippen molar-refractivity contribution in [1.29, 1.82) is 0 Å². The number of aryl methyl sites for hydroxylation is 3. The first-order valence-electron chi connectivity index (χ1n) is 7.14. The van der Waals surface area contributed by atoms with E-state index >= 15 is 0 Å². The number of hydrogen-bond donors (Lipinski definition) is 2. The molecule has 0 aliphatic carbocycles. The van der Waals surface area contributed by atoms with Crippen LogP contribution in [0.25, 0.3) is 0 Å². The maximum absolute atomic E-state index is 12.1. The molecular formula is C17H19N3O2. The number of nitrogens with one attached hydrogen (secondary N) is 2. The Morgan fingerprint density at radius 1 is 1.05 bits per heavy atom. The van der Waals surface area contributed by atoms with E-state index < -0.39 is 11.8 Å². The maximum atomic E-state index is 12.1. The third kappa shape index (κ3) is 3.69. The van der Waals surface area contributed by atoms with Gasteiger partial charge in [-0.15, -0.1) is 0 Å². The minimum atomic E-state index is -0.735. The maximum Gasteiger partial charge on any atom is 0.315 e. The quantitative estimate of drug-likeness (QED) is 0.856. The Morgan fingerprint density at radius 3 is 2.41 bits per heavy atom. The van der Waals surface area contributed by atoms with Crippen molar-refractivity contribution in [3.8, 4) is 0 Å². The summed E-state index contributed by atoms with van der Waals surface area (Å²) in [4.78, 5) is 28.0. The topological polar surface area (TPSA) is 71.1 Å². The highest BCUT2D eigenvalue weighted by Gasteiger charge is 2.16. The predicted octanol–water partition coefficient (Wildman–Crippen LogP) is 2.84. The monoisotopic (exact) mass is 297 g/mol. The number of pyridine rings is 1. The number of anilines is 2. The smallest absolute Gasteiger partial charge is 0.315 e. The van der Waals surface area contributed by atoms with E-state index in [1.165, 1.54) is 0 Å². The van der Waals surface area contributed by atoms with Gasteiger partial charge in [0.2, 0.25) is 0 Å². The number of carbonyl (C=O) groups is 2. The van der Waals surface area contributed by atoms with Crippen LogP contribution in [0, 0.1) is 13.8 Å². The third-order valence-corrected chi connectivity index (χ3v) is 3.34.